The maximum Gasteiger partial charge on any atom is 0.325 e. The lowest BCUT2D eigenvalue weighted by Gasteiger charge is -2.16. The topological polar surface area (TPSA) is 67.9 Å². The smallest absolute Gasteiger partial charge is 0.325 e. The standard InChI is InChI=1S/C12H16N2O4/c1-14(8-11(15)18-3)12(16)13-9-5-4-6-10(7-9)17-2/h4-7H,8H2,1-3H3,(H,13,16). The van der Waals surface area contributed by atoms with Crippen LogP contribution in [-0.2, 0) is 9.53 Å². The summed E-state index contributed by atoms with van der Waals surface area (Å²) in [6.07, 6.45) is 0. The molecule has 1 aromatic rings. The number of carbonyl (C=O) groups is 2. The van der Waals surface area contributed by atoms with E-state index in [-0.39, 0.29) is 6.54 Å². The fraction of sp³-hybridized carbons (Fsp3) is 0.333. The Morgan fingerprint density at radius 2 is 2.06 bits per heavy atom. The van der Waals surface area contributed by atoms with E-state index in [0.717, 1.165) is 0 Å². The largest absolute Gasteiger partial charge is 0.497 e. The van der Waals surface area contributed by atoms with E-state index >= 15 is 0 Å². The molecule has 0 fully saturated rings. The van der Waals surface area contributed by atoms with Crippen molar-refractivity contribution in [2.75, 3.05) is 33.1 Å². The van der Waals surface area contributed by atoms with Crippen LogP contribution in [0, 0.1) is 0 Å². The van der Waals surface area contributed by atoms with Gasteiger partial charge >= 0.3 is 12.0 Å². The second-order valence-electron chi connectivity index (χ2n) is 3.59. The second kappa shape index (κ2) is 6.48. The number of ether oxygens (including phenoxy) is 2. The summed E-state index contributed by atoms with van der Waals surface area (Å²) in [5, 5.41) is 2.65. The molecule has 0 aliphatic rings. The molecule has 2 amide bonds. The molecule has 0 bridgehead atoms. The zero-order valence-electron chi connectivity index (χ0n) is 10.6. The van der Waals surface area contributed by atoms with Crippen molar-refractivity contribution in [3.05, 3.63) is 24.3 Å². The molecule has 6 nitrogen and oxygen atoms in total. The zero-order valence-corrected chi connectivity index (χ0v) is 10.6. The van der Waals surface area contributed by atoms with Crippen LogP contribution in [0.3, 0.4) is 0 Å². The van der Waals surface area contributed by atoms with Crippen molar-refractivity contribution in [3.8, 4) is 5.75 Å². The van der Waals surface area contributed by atoms with E-state index in [1.807, 2.05) is 0 Å². The van der Waals surface area contributed by atoms with Crippen LogP contribution in [0.5, 0.6) is 5.75 Å². The van der Waals surface area contributed by atoms with E-state index in [4.69, 9.17) is 4.74 Å². The van der Waals surface area contributed by atoms with Gasteiger partial charge in [-0.1, -0.05) is 6.07 Å². The average molecular weight is 252 g/mol. The van der Waals surface area contributed by atoms with E-state index < -0.39 is 12.0 Å². The van der Waals surface area contributed by atoms with Crippen molar-refractivity contribution in [3.63, 3.8) is 0 Å². The number of rotatable bonds is 4. The third-order valence-corrected chi connectivity index (χ3v) is 2.26. The Morgan fingerprint density at radius 3 is 2.67 bits per heavy atom. The van der Waals surface area contributed by atoms with Crippen molar-refractivity contribution in [2.45, 2.75) is 0 Å². The van der Waals surface area contributed by atoms with Crippen LogP contribution in [0.4, 0.5) is 10.5 Å². The number of amides is 2. The molecule has 0 aliphatic heterocycles. The van der Waals surface area contributed by atoms with Crippen molar-refractivity contribution in [2.24, 2.45) is 0 Å². The Kier molecular flexibility index (Phi) is 4.98. The highest BCUT2D eigenvalue weighted by Crippen LogP contribution is 2.16. The third-order valence-electron chi connectivity index (χ3n) is 2.26. The fourth-order valence-electron chi connectivity index (χ4n) is 1.25. The first-order valence-corrected chi connectivity index (χ1v) is 5.29. The summed E-state index contributed by atoms with van der Waals surface area (Å²) in [4.78, 5) is 24.0. The van der Waals surface area contributed by atoms with E-state index in [0.29, 0.717) is 11.4 Å². The van der Waals surface area contributed by atoms with Crippen LogP contribution >= 0.6 is 0 Å². The van der Waals surface area contributed by atoms with Crippen LogP contribution in [0.1, 0.15) is 0 Å². The second-order valence-corrected chi connectivity index (χ2v) is 3.59. The Hall–Kier alpha value is -2.24. The van der Waals surface area contributed by atoms with E-state index in [9.17, 15) is 9.59 Å². The lowest BCUT2D eigenvalue weighted by atomic mass is 10.3. The monoisotopic (exact) mass is 252 g/mol. The Labute approximate surface area is 105 Å². The van der Waals surface area contributed by atoms with Gasteiger partial charge in [-0.15, -0.1) is 0 Å². The van der Waals surface area contributed by atoms with Gasteiger partial charge in [0.25, 0.3) is 0 Å². The number of esters is 1. The lowest BCUT2D eigenvalue weighted by Crippen LogP contribution is -2.35. The minimum atomic E-state index is -0.474. The minimum Gasteiger partial charge on any atom is -0.497 e. The molecule has 0 aliphatic carbocycles. The lowest BCUT2D eigenvalue weighted by molar-refractivity contribution is -0.140. The molecular formula is C12H16N2O4. The third kappa shape index (κ3) is 3.97. The molecule has 0 heterocycles. The SMILES string of the molecule is COC(=O)CN(C)C(=O)Nc1cccc(OC)c1. The maximum atomic E-state index is 11.7. The highest BCUT2D eigenvalue weighted by molar-refractivity contribution is 5.91. The van der Waals surface area contributed by atoms with Gasteiger partial charge < -0.3 is 19.7 Å². The molecular weight excluding hydrogens is 236 g/mol. The van der Waals surface area contributed by atoms with Gasteiger partial charge in [-0.25, -0.2) is 4.79 Å². The predicted octanol–water partition coefficient (Wildman–Crippen LogP) is 1.33. The van der Waals surface area contributed by atoms with Crippen LogP contribution < -0.4 is 10.1 Å². The molecule has 0 spiro atoms. The molecule has 0 atom stereocenters. The first-order chi connectivity index (χ1) is 8.56. The first kappa shape index (κ1) is 13.8. The summed E-state index contributed by atoms with van der Waals surface area (Å²) in [6.45, 7) is -0.105. The zero-order chi connectivity index (χ0) is 13.5. The van der Waals surface area contributed by atoms with Crippen molar-refractivity contribution in [1.82, 2.24) is 4.90 Å². The van der Waals surface area contributed by atoms with Crippen LogP contribution in [0.25, 0.3) is 0 Å². The Bertz CT molecular complexity index is 434. The van der Waals surface area contributed by atoms with Gasteiger partial charge in [-0.05, 0) is 12.1 Å². The molecule has 0 aromatic heterocycles. The molecule has 0 unspecified atom stereocenters. The summed E-state index contributed by atoms with van der Waals surface area (Å²) in [5.74, 6) is 0.168. The number of nitrogens with zero attached hydrogens (tertiary/aromatic N) is 1. The molecule has 0 saturated heterocycles. The molecule has 18 heavy (non-hydrogen) atoms. The number of methoxy groups -OCH3 is 2. The van der Waals surface area contributed by atoms with Crippen molar-refractivity contribution in [1.29, 1.82) is 0 Å². The van der Waals surface area contributed by atoms with Gasteiger partial charge in [0.2, 0.25) is 0 Å². The van der Waals surface area contributed by atoms with E-state index in [2.05, 4.69) is 10.1 Å². The van der Waals surface area contributed by atoms with Crippen molar-refractivity contribution >= 4 is 17.7 Å². The molecule has 6 heteroatoms. The van der Waals surface area contributed by atoms with Crippen LogP contribution in [0.2, 0.25) is 0 Å². The average Bonchev–Trinajstić information content (AvgIpc) is 2.38. The summed E-state index contributed by atoms with van der Waals surface area (Å²) >= 11 is 0. The number of anilines is 1. The highest BCUT2D eigenvalue weighted by Gasteiger charge is 2.13. The van der Waals surface area contributed by atoms with E-state index in [1.54, 1.807) is 31.4 Å². The number of carbonyl (C=O) groups excluding carboxylic acids is 2. The molecule has 0 saturated carbocycles. The normalized spacial score (nSPS) is 9.50. The summed E-state index contributed by atoms with van der Waals surface area (Å²) in [7, 11) is 4.33. The molecule has 1 aromatic carbocycles. The van der Waals surface area contributed by atoms with E-state index in [1.165, 1.54) is 19.1 Å². The van der Waals surface area contributed by atoms with Crippen LogP contribution in [-0.4, -0.2) is 44.7 Å². The minimum absolute atomic E-state index is 0.105. The summed E-state index contributed by atoms with van der Waals surface area (Å²) in [6, 6.07) is 6.55. The Morgan fingerprint density at radius 1 is 1.33 bits per heavy atom. The molecule has 1 rings (SSSR count). The van der Waals surface area contributed by atoms with Gasteiger partial charge in [0.15, 0.2) is 0 Å². The van der Waals surface area contributed by atoms with Gasteiger partial charge in [0.05, 0.1) is 14.2 Å². The summed E-state index contributed by atoms with van der Waals surface area (Å²) in [5.41, 5.74) is 0.594. The van der Waals surface area contributed by atoms with Gasteiger partial charge in [0, 0.05) is 18.8 Å². The molecule has 0 radical (unpaired) electrons. The number of benzene rings is 1. The number of urea groups is 1. The number of likely N-dealkylation sites (N-methyl/N-ethyl adjacent to an activating group) is 1. The number of hydrogen-bond donors (Lipinski definition) is 1. The van der Waals surface area contributed by atoms with Gasteiger partial charge in [-0.3, -0.25) is 4.79 Å². The predicted molar refractivity (Wildman–Crippen MR) is 66.7 cm³/mol. The fourth-order valence-corrected chi connectivity index (χ4v) is 1.25. The van der Waals surface area contributed by atoms with Gasteiger partial charge in [-0.2, -0.15) is 0 Å². The number of nitrogens with one attached hydrogen (secondary N) is 1. The van der Waals surface area contributed by atoms with Gasteiger partial charge in [0.1, 0.15) is 12.3 Å². The molecule has 98 valence electrons. The number of hydrogen-bond acceptors (Lipinski definition) is 4. The quantitative estimate of drug-likeness (QED) is 0.821. The summed E-state index contributed by atoms with van der Waals surface area (Å²) < 4.78 is 9.52. The maximum absolute atomic E-state index is 11.7. The Balaban J connectivity index is 2.60. The van der Waals surface area contributed by atoms with Crippen LogP contribution in [0.15, 0.2) is 24.3 Å². The van der Waals surface area contributed by atoms with Crippen molar-refractivity contribution < 1.29 is 19.1 Å². The molecule has 1 N–H and O–H groups in total. The first-order valence-electron chi connectivity index (χ1n) is 5.29. The highest BCUT2D eigenvalue weighted by atomic mass is 16.5.